The van der Waals surface area contributed by atoms with Gasteiger partial charge in [0, 0.05) is 18.4 Å². The second-order valence-electron chi connectivity index (χ2n) is 10.1. The number of ketones is 1. The highest BCUT2D eigenvalue weighted by Crippen LogP contribution is 2.66. The molecule has 3 N–H and O–H groups in total. The molecule has 0 saturated heterocycles. The highest BCUT2D eigenvalue weighted by atomic mass is 16.6. The maximum atomic E-state index is 12.6. The molecule has 0 aromatic carbocycles. The number of fused-ring (bicyclic) bond motifs is 5. The van der Waals surface area contributed by atoms with Gasteiger partial charge in [0.2, 0.25) is 0 Å². The molecule has 4 aliphatic rings. The lowest BCUT2D eigenvalue weighted by Gasteiger charge is -2.61. The third-order valence-electron chi connectivity index (χ3n) is 8.98. The molecule has 0 heterocycles. The number of carbonyl (C=O) groups is 2. The summed E-state index contributed by atoms with van der Waals surface area (Å²) in [7, 11) is 0. The van der Waals surface area contributed by atoms with Crippen LogP contribution in [-0.2, 0) is 14.4 Å². The van der Waals surface area contributed by atoms with E-state index in [0.717, 1.165) is 37.8 Å². The van der Waals surface area contributed by atoms with Crippen LogP contribution < -0.4 is 5.73 Å². The van der Waals surface area contributed by atoms with E-state index in [0.29, 0.717) is 56.0 Å². The Morgan fingerprint density at radius 2 is 2.00 bits per heavy atom. The smallest absolute Gasteiger partial charge is 0.306 e. The van der Waals surface area contributed by atoms with Crippen molar-refractivity contribution in [3.05, 3.63) is 0 Å². The zero-order valence-electron chi connectivity index (χ0n) is 17.2. The monoisotopic (exact) mass is 390 g/mol. The number of Topliss-reactive ketones (excluding diaryl/α,β-unsaturated/α-hetero) is 1. The molecule has 0 aromatic heterocycles. The van der Waals surface area contributed by atoms with Crippen molar-refractivity contribution >= 4 is 17.5 Å². The Morgan fingerprint density at radius 3 is 2.71 bits per heavy atom. The fourth-order valence-corrected chi connectivity index (χ4v) is 7.46. The van der Waals surface area contributed by atoms with Crippen LogP contribution in [0.4, 0.5) is 0 Å². The van der Waals surface area contributed by atoms with Crippen molar-refractivity contribution in [1.82, 2.24) is 0 Å². The van der Waals surface area contributed by atoms with Crippen molar-refractivity contribution in [2.24, 2.45) is 51.3 Å². The van der Waals surface area contributed by atoms with E-state index >= 15 is 0 Å². The van der Waals surface area contributed by atoms with Gasteiger partial charge in [0.25, 0.3) is 0 Å². The summed E-state index contributed by atoms with van der Waals surface area (Å²) in [5, 5.41) is 14.4. The fourth-order valence-electron chi connectivity index (χ4n) is 7.46. The van der Waals surface area contributed by atoms with E-state index in [2.05, 4.69) is 19.0 Å². The largest absolute Gasteiger partial charge is 0.481 e. The molecule has 4 aliphatic carbocycles. The molecule has 0 aromatic rings. The minimum atomic E-state index is -0.685. The maximum Gasteiger partial charge on any atom is 0.306 e. The number of carboxylic acids is 1. The molecule has 4 rings (SSSR count). The Labute approximate surface area is 167 Å². The third-order valence-corrected chi connectivity index (χ3v) is 8.98. The van der Waals surface area contributed by atoms with E-state index in [9.17, 15) is 14.7 Å². The first-order chi connectivity index (χ1) is 13.3. The number of rotatable bonds is 4. The zero-order chi connectivity index (χ0) is 20.1. The summed E-state index contributed by atoms with van der Waals surface area (Å²) >= 11 is 0. The number of nitrogens with two attached hydrogens (primary N) is 1. The normalized spacial score (nSPS) is 46.6. The van der Waals surface area contributed by atoms with Crippen LogP contribution in [0.15, 0.2) is 5.16 Å². The minimum Gasteiger partial charge on any atom is -0.481 e. The predicted octanol–water partition coefficient (Wildman–Crippen LogP) is 3.24. The van der Waals surface area contributed by atoms with Gasteiger partial charge in [-0.2, -0.15) is 0 Å². The molecular formula is C22H34N2O4. The van der Waals surface area contributed by atoms with Crippen molar-refractivity contribution in [3.63, 3.8) is 0 Å². The van der Waals surface area contributed by atoms with Crippen molar-refractivity contribution < 1.29 is 19.5 Å². The van der Waals surface area contributed by atoms with E-state index in [4.69, 9.17) is 10.6 Å². The first-order valence-corrected chi connectivity index (χ1v) is 10.9. The lowest BCUT2D eigenvalue weighted by Crippen LogP contribution is -2.57. The number of oxime groups is 1. The first kappa shape index (κ1) is 19.9. The van der Waals surface area contributed by atoms with Gasteiger partial charge in [0.1, 0.15) is 12.4 Å². The average Bonchev–Trinajstić information content (AvgIpc) is 2.96. The van der Waals surface area contributed by atoms with Gasteiger partial charge in [0.05, 0.1) is 11.6 Å². The molecule has 0 bridgehead atoms. The van der Waals surface area contributed by atoms with Crippen LogP contribution in [0.25, 0.3) is 0 Å². The predicted molar refractivity (Wildman–Crippen MR) is 106 cm³/mol. The van der Waals surface area contributed by atoms with E-state index < -0.39 is 5.97 Å². The summed E-state index contributed by atoms with van der Waals surface area (Å²) in [4.78, 5) is 30.2. The molecule has 1 unspecified atom stereocenters. The lowest BCUT2D eigenvalue weighted by atomic mass is 9.43. The van der Waals surface area contributed by atoms with Gasteiger partial charge in [-0.1, -0.05) is 19.0 Å². The maximum absolute atomic E-state index is 12.6. The van der Waals surface area contributed by atoms with E-state index in [1.807, 2.05) is 0 Å². The number of nitrogens with zero attached hydrogens (tertiary/aromatic N) is 1. The summed E-state index contributed by atoms with van der Waals surface area (Å²) < 4.78 is 0. The van der Waals surface area contributed by atoms with Crippen molar-refractivity contribution in [2.45, 2.75) is 65.2 Å². The Kier molecular flexibility index (Phi) is 5.05. The van der Waals surface area contributed by atoms with Crippen LogP contribution in [0.1, 0.15) is 65.2 Å². The fraction of sp³-hybridized carbons (Fsp3) is 0.864. The molecule has 6 nitrogen and oxygen atoms in total. The van der Waals surface area contributed by atoms with E-state index in [1.54, 1.807) is 0 Å². The Bertz CT molecular complexity index is 692. The lowest BCUT2D eigenvalue weighted by molar-refractivity contribution is -0.164. The van der Waals surface area contributed by atoms with Crippen molar-refractivity contribution in [1.29, 1.82) is 0 Å². The standard InChI is InChI=1S/C22H34N2O4/c1-21-7-5-13(24-28-10-9-23)11-18(21)15(20(26)27)12-14-16-3-4-19(25)22(16,2)8-6-17(14)21/h14-18H,3-12,23H2,1-2H3,(H,26,27)/b24-13-/t14-,15-,16-,17-,18?,21+,22-/m0/s1. The highest BCUT2D eigenvalue weighted by Gasteiger charge is 2.63. The van der Waals surface area contributed by atoms with E-state index in [1.165, 1.54) is 0 Å². The molecule has 4 saturated carbocycles. The molecular weight excluding hydrogens is 356 g/mol. The molecule has 0 amide bonds. The summed E-state index contributed by atoms with van der Waals surface area (Å²) in [6, 6.07) is 0. The third kappa shape index (κ3) is 2.90. The van der Waals surface area contributed by atoms with Crippen molar-refractivity contribution in [2.75, 3.05) is 13.2 Å². The van der Waals surface area contributed by atoms with Gasteiger partial charge in [0.15, 0.2) is 0 Å². The minimum absolute atomic E-state index is 0.00578. The molecule has 28 heavy (non-hydrogen) atoms. The highest BCUT2D eigenvalue weighted by molar-refractivity contribution is 5.87. The summed E-state index contributed by atoms with van der Waals surface area (Å²) in [6.07, 6.45) is 6.91. The Morgan fingerprint density at radius 1 is 1.21 bits per heavy atom. The summed E-state index contributed by atoms with van der Waals surface area (Å²) in [6.45, 7) is 5.29. The number of aliphatic carboxylic acids is 1. The molecule has 0 radical (unpaired) electrons. The van der Waals surface area contributed by atoms with Gasteiger partial charge in [-0.15, -0.1) is 0 Å². The quantitative estimate of drug-likeness (QED) is 0.567. The number of carbonyl (C=O) groups excluding carboxylic acids is 1. The van der Waals surface area contributed by atoms with Crippen LogP contribution >= 0.6 is 0 Å². The molecule has 7 atom stereocenters. The van der Waals surface area contributed by atoms with Crippen LogP contribution in [0.3, 0.4) is 0 Å². The molecule has 6 heteroatoms. The Balaban J connectivity index is 1.63. The second kappa shape index (κ2) is 7.12. The SMILES string of the molecule is C[C@]12CC/C(=N/OCCN)CC1[C@@H](C(=O)O)C[C@@H]1[C@@H]2CC[C@]2(C)C(=O)CC[C@@H]12. The van der Waals surface area contributed by atoms with Gasteiger partial charge < -0.3 is 15.7 Å². The molecule has 156 valence electrons. The van der Waals surface area contributed by atoms with Crippen molar-refractivity contribution in [3.8, 4) is 0 Å². The van der Waals surface area contributed by atoms with Crippen LogP contribution in [0.2, 0.25) is 0 Å². The van der Waals surface area contributed by atoms with Gasteiger partial charge in [-0.25, -0.2) is 0 Å². The molecule has 0 spiro atoms. The van der Waals surface area contributed by atoms with Crippen LogP contribution in [-0.4, -0.2) is 35.7 Å². The summed E-state index contributed by atoms with van der Waals surface area (Å²) in [5.41, 5.74) is 6.25. The average molecular weight is 391 g/mol. The van der Waals surface area contributed by atoms with Gasteiger partial charge >= 0.3 is 5.97 Å². The van der Waals surface area contributed by atoms with Gasteiger partial charge in [-0.3, -0.25) is 9.59 Å². The summed E-state index contributed by atoms with van der Waals surface area (Å²) in [5.74, 6) is 0.705. The number of hydrogen-bond donors (Lipinski definition) is 2. The van der Waals surface area contributed by atoms with Gasteiger partial charge in [-0.05, 0) is 74.0 Å². The Hall–Kier alpha value is -1.43. The zero-order valence-corrected chi connectivity index (χ0v) is 17.2. The molecule has 4 fully saturated rings. The van der Waals surface area contributed by atoms with E-state index in [-0.39, 0.29) is 22.7 Å². The number of carboxylic acid groups (broad SMARTS) is 1. The topological polar surface area (TPSA) is 102 Å². The first-order valence-electron chi connectivity index (χ1n) is 10.9. The second-order valence-corrected chi connectivity index (χ2v) is 10.1. The van der Waals surface area contributed by atoms with Crippen LogP contribution in [0.5, 0.6) is 0 Å². The van der Waals surface area contributed by atoms with Crippen LogP contribution in [0, 0.1) is 40.4 Å². The molecule has 0 aliphatic heterocycles. The number of hydrogen-bond acceptors (Lipinski definition) is 5.